The molecule has 0 radical (unpaired) electrons. The molecule has 0 saturated carbocycles. The van der Waals surface area contributed by atoms with Crippen LogP contribution in [0.5, 0.6) is 0 Å². The molecule has 0 bridgehead atoms. The van der Waals surface area contributed by atoms with Crippen LogP contribution in [0.25, 0.3) is 33.6 Å². The van der Waals surface area contributed by atoms with Crippen molar-refractivity contribution in [1.29, 1.82) is 0 Å². The van der Waals surface area contributed by atoms with Gasteiger partial charge in [-0.2, -0.15) is 0 Å². The number of aromatic nitrogens is 4. The van der Waals surface area contributed by atoms with E-state index in [2.05, 4.69) is 30.6 Å². The first kappa shape index (κ1) is 42.5. The van der Waals surface area contributed by atoms with Crippen molar-refractivity contribution in [2.75, 3.05) is 27.3 Å². The normalized spacial score (nSPS) is 20.5. The molecule has 2 aromatic carbocycles. The molecule has 1 saturated heterocycles. The summed E-state index contributed by atoms with van der Waals surface area (Å²) in [6.45, 7) is 12.7. The standard InChI is InChI=1S/C43H52F2N8O6/c1-41(2,3)33(50-37(54)32-18-28(44)22-52(32)39(56)58-8)35-46-20-30(48-35)26-14-10-24(11-15-26)25-12-16-27(17-13-25)31-21-47-36(49-31)34(42(4,5)6)51-38(55)43(7)19-29(45)23-53(43)40(57)59-9/h10-18,20-21,28-29,33-34H,19,22-23H2,1-9H3,(H,46,48)(H,47,49)(H,50,54)(H,51,55)/t28-,29-,33-,34-,43+/m1/s1. The molecule has 1 fully saturated rings. The summed E-state index contributed by atoms with van der Waals surface area (Å²) in [5.74, 6) is -0.0838. The lowest BCUT2D eigenvalue weighted by Gasteiger charge is -2.36. The minimum atomic E-state index is -1.48. The zero-order chi connectivity index (χ0) is 43.0. The van der Waals surface area contributed by atoms with Gasteiger partial charge in [0.2, 0.25) is 5.91 Å². The Labute approximate surface area is 342 Å². The van der Waals surface area contributed by atoms with E-state index in [1.165, 1.54) is 14.2 Å². The number of carbonyl (C=O) groups excluding carboxylic acids is 4. The summed E-state index contributed by atoms with van der Waals surface area (Å²) in [7, 11) is 2.38. The summed E-state index contributed by atoms with van der Waals surface area (Å²) in [4.78, 5) is 69.7. The van der Waals surface area contributed by atoms with Crippen molar-refractivity contribution in [2.24, 2.45) is 10.8 Å². The van der Waals surface area contributed by atoms with Crippen LogP contribution in [0.4, 0.5) is 18.4 Å². The van der Waals surface area contributed by atoms with Crippen LogP contribution in [0.15, 0.2) is 72.7 Å². The highest BCUT2D eigenvalue weighted by Gasteiger charge is 2.52. The van der Waals surface area contributed by atoms with Crippen molar-refractivity contribution in [3.05, 3.63) is 84.3 Å². The number of H-pyrrole nitrogens is 2. The maximum Gasteiger partial charge on any atom is 0.414 e. The number of hydrogen-bond donors (Lipinski definition) is 4. The van der Waals surface area contributed by atoms with Crippen LogP contribution in [0.3, 0.4) is 0 Å². The fraction of sp³-hybridized carbons (Fsp3) is 0.442. The number of amides is 4. The summed E-state index contributed by atoms with van der Waals surface area (Å²) in [5.41, 5.74) is 2.64. The molecular formula is C43H52F2N8O6. The van der Waals surface area contributed by atoms with Gasteiger partial charge in [-0.3, -0.25) is 19.4 Å². The van der Waals surface area contributed by atoms with Gasteiger partial charge < -0.3 is 30.1 Å². The number of halogens is 2. The van der Waals surface area contributed by atoms with Gasteiger partial charge in [-0.1, -0.05) is 90.1 Å². The first-order valence-corrected chi connectivity index (χ1v) is 19.4. The number of hydrogen-bond acceptors (Lipinski definition) is 8. The van der Waals surface area contributed by atoms with Crippen molar-refractivity contribution in [3.8, 4) is 33.6 Å². The molecule has 0 spiro atoms. The number of likely N-dealkylation sites (tertiary alicyclic amines) is 1. The smallest absolute Gasteiger partial charge is 0.414 e. The van der Waals surface area contributed by atoms with Crippen LogP contribution in [-0.4, -0.2) is 98.9 Å². The molecule has 59 heavy (non-hydrogen) atoms. The number of benzene rings is 2. The fourth-order valence-electron chi connectivity index (χ4n) is 7.50. The minimum Gasteiger partial charge on any atom is -0.453 e. The Bertz CT molecular complexity index is 2220. The topological polar surface area (TPSA) is 175 Å². The van der Waals surface area contributed by atoms with Gasteiger partial charge in [-0.05, 0) is 46.1 Å². The number of imidazole rings is 2. The molecule has 2 aromatic heterocycles. The minimum absolute atomic E-state index is 0.109. The molecular weight excluding hydrogens is 763 g/mol. The Balaban J connectivity index is 1.14. The van der Waals surface area contributed by atoms with E-state index in [0.29, 0.717) is 11.6 Å². The van der Waals surface area contributed by atoms with Gasteiger partial charge in [0.25, 0.3) is 5.91 Å². The van der Waals surface area contributed by atoms with Crippen molar-refractivity contribution in [3.63, 3.8) is 0 Å². The van der Waals surface area contributed by atoms with E-state index in [4.69, 9.17) is 9.47 Å². The molecule has 6 rings (SSSR count). The van der Waals surface area contributed by atoms with Gasteiger partial charge in [0, 0.05) is 6.42 Å². The molecule has 2 aliphatic rings. The summed E-state index contributed by atoms with van der Waals surface area (Å²) < 4.78 is 38.3. The third-order valence-electron chi connectivity index (χ3n) is 10.8. The molecule has 4 N–H and O–H groups in total. The highest BCUT2D eigenvalue weighted by atomic mass is 19.1. The Morgan fingerprint density at radius 3 is 1.66 bits per heavy atom. The van der Waals surface area contributed by atoms with Crippen molar-refractivity contribution < 1.29 is 37.4 Å². The second kappa shape index (κ2) is 16.3. The van der Waals surface area contributed by atoms with E-state index in [-0.39, 0.29) is 25.2 Å². The number of nitrogens with zero attached hydrogens (tertiary/aromatic N) is 4. The lowest BCUT2D eigenvalue weighted by molar-refractivity contribution is -0.132. The molecule has 0 aliphatic carbocycles. The molecule has 4 heterocycles. The number of rotatable bonds is 9. The SMILES string of the molecule is COC(=O)N1C[C@H](F)C=C1C(=O)N[C@H](c1ncc(-c2ccc(-c3ccc(-c4cnc([C@@H](NC(=O)[C@]5(C)C[C@@H](F)CN5C(=O)OC)C(C)(C)C)[nH]4)cc3)cc2)[nH]1)C(C)(C)C. The number of aromatic amines is 2. The quantitative estimate of drug-likeness (QED) is 0.135. The molecule has 4 amide bonds. The van der Waals surface area contributed by atoms with Gasteiger partial charge in [0.15, 0.2) is 0 Å². The summed E-state index contributed by atoms with van der Waals surface area (Å²) in [6.07, 6.45) is -0.0459. The Morgan fingerprint density at radius 1 is 0.746 bits per heavy atom. The average Bonchev–Trinajstić information content (AvgIpc) is 4.01. The van der Waals surface area contributed by atoms with Crippen LogP contribution in [0.1, 0.15) is 78.6 Å². The summed E-state index contributed by atoms with van der Waals surface area (Å²) >= 11 is 0. The van der Waals surface area contributed by atoms with Crippen molar-refractivity contribution >= 4 is 24.0 Å². The molecule has 14 nitrogen and oxygen atoms in total. The predicted octanol–water partition coefficient (Wildman–Crippen LogP) is 7.41. The van der Waals surface area contributed by atoms with Gasteiger partial charge in [-0.25, -0.2) is 28.3 Å². The molecule has 5 atom stereocenters. The average molecular weight is 815 g/mol. The number of alkyl halides is 2. The van der Waals surface area contributed by atoms with E-state index in [9.17, 15) is 28.0 Å². The van der Waals surface area contributed by atoms with Crippen LogP contribution in [0.2, 0.25) is 0 Å². The molecule has 16 heteroatoms. The van der Waals surface area contributed by atoms with Crippen LogP contribution < -0.4 is 10.6 Å². The van der Waals surface area contributed by atoms with Gasteiger partial charge >= 0.3 is 12.2 Å². The van der Waals surface area contributed by atoms with Crippen molar-refractivity contribution in [1.82, 2.24) is 40.4 Å². The number of ether oxygens (including phenoxy) is 2. The fourth-order valence-corrected chi connectivity index (χ4v) is 7.50. The number of nitrogens with one attached hydrogen (secondary N) is 4. The van der Waals surface area contributed by atoms with Crippen LogP contribution >= 0.6 is 0 Å². The van der Waals surface area contributed by atoms with Crippen LogP contribution in [0, 0.1) is 10.8 Å². The lowest BCUT2D eigenvalue weighted by Crippen LogP contribution is -2.57. The molecule has 2 aliphatic heterocycles. The second-order valence-corrected chi connectivity index (χ2v) is 17.4. The zero-order valence-electron chi connectivity index (χ0n) is 34.8. The Hall–Kier alpha value is -6.06. The van der Waals surface area contributed by atoms with Crippen LogP contribution in [-0.2, 0) is 19.1 Å². The summed E-state index contributed by atoms with van der Waals surface area (Å²) in [6, 6.07) is 14.7. The highest BCUT2D eigenvalue weighted by molar-refractivity contribution is 5.97. The van der Waals surface area contributed by atoms with Gasteiger partial charge in [-0.15, -0.1) is 0 Å². The maximum absolute atomic E-state index is 14.5. The number of methoxy groups -OCH3 is 2. The maximum atomic E-state index is 14.5. The van der Waals surface area contributed by atoms with E-state index in [0.717, 1.165) is 49.5 Å². The second-order valence-electron chi connectivity index (χ2n) is 17.4. The zero-order valence-corrected chi connectivity index (χ0v) is 34.8. The van der Waals surface area contributed by atoms with E-state index in [1.807, 2.05) is 90.1 Å². The van der Waals surface area contributed by atoms with E-state index >= 15 is 0 Å². The summed E-state index contributed by atoms with van der Waals surface area (Å²) in [5, 5.41) is 5.97. The van der Waals surface area contributed by atoms with Gasteiger partial charge in [0.05, 0.1) is 63.2 Å². The lowest BCUT2D eigenvalue weighted by atomic mass is 9.85. The molecule has 4 aromatic rings. The highest BCUT2D eigenvalue weighted by Crippen LogP contribution is 2.38. The third kappa shape index (κ3) is 8.86. The number of carbonyl (C=O) groups is 4. The van der Waals surface area contributed by atoms with E-state index < -0.39 is 64.8 Å². The van der Waals surface area contributed by atoms with Gasteiger partial charge in [0.1, 0.15) is 35.2 Å². The first-order valence-electron chi connectivity index (χ1n) is 19.4. The third-order valence-corrected chi connectivity index (χ3v) is 10.8. The van der Waals surface area contributed by atoms with Crippen molar-refractivity contribution in [2.45, 2.75) is 84.9 Å². The largest absolute Gasteiger partial charge is 0.453 e. The molecule has 0 unspecified atom stereocenters. The Kier molecular flexibility index (Phi) is 11.8. The predicted molar refractivity (Wildman–Crippen MR) is 217 cm³/mol. The monoisotopic (exact) mass is 814 g/mol. The van der Waals surface area contributed by atoms with E-state index in [1.54, 1.807) is 19.3 Å². The molecule has 314 valence electrons. The first-order chi connectivity index (χ1) is 27.7. The Morgan fingerprint density at radius 2 is 1.20 bits per heavy atom.